The number of nitrogens with zero attached hydrogens (tertiary/aromatic N) is 2. The lowest BCUT2D eigenvalue weighted by molar-refractivity contribution is -0.122. The number of aliphatic hydroxyl groups is 1. The maximum absolute atomic E-state index is 13.1. The topological polar surface area (TPSA) is 118 Å². The third kappa shape index (κ3) is 6.31. The number of primary amides is 1. The van der Waals surface area contributed by atoms with Gasteiger partial charge in [-0.1, -0.05) is 66.7 Å². The van der Waals surface area contributed by atoms with Gasteiger partial charge in [0.05, 0.1) is 29.4 Å². The highest BCUT2D eigenvalue weighted by Crippen LogP contribution is 2.20. The summed E-state index contributed by atoms with van der Waals surface area (Å²) in [4.78, 5) is 34.2. The number of carbonyl (C=O) groups excluding carboxylic acids is 2. The minimum atomic E-state index is -1.01. The summed E-state index contributed by atoms with van der Waals surface area (Å²) in [5.41, 5.74) is 10.2. The predicted molar refractivity (Wildman–Crippen MR) is 139 cm³/mol. The standard InChI is InChI=1S/C29H30N4O3/c1-19-9-5-6-12-21(19)16-22(28(30)35)17-27(34)25(15-20-10-3-2-4-11-20)33-29(36)26-18-31-23-13-7-8-14-24(23)32-26/h2-14,18,22,25,27,34H,15-17H2,1H3,(H2,30,35)(H,33,36)/t22-,25?,27?/m1/s1. The van der Waals surface area contributed by atoms with Gasteiger partial charge < -0.3 is 16.2 Å². The van der Waals surface area contributed by atoms with Crippen LogP contribution in [0.2, 0.25) is 0 Å². The van der Waals surface area contributed by atoms with Crippen molar-refractivity contribution in [2.75, 3.05) is 0 Å². The largest absolute Gasteiger partial charge is 0.391 e. The van der Waals surface area contributed by atoms with Crippen LogP contribution in [0.25, 0.3) is 11.0 Å². The highest BCUT2D eigenvalue weighted by Gasteiger charge is 2.28. The number of carbonyl (C=O) groups is 2. The van der Waals surface area contributed by atoms with Crippen LogP contribution in [0.3, 0.4) is 0 Å². The van der Waals surface area contributed by atoms with Gasteiger partial charge in [0.25, 0.3) is 5.91 Å². The Morgan fingerprint density at radius 1 is 0.917 bits per heavy atom. The number of nitrogens with two attached hydrogens (primary N) is 1. The van der Waals surface area contributed by atoms with Crippen LogP contribution in [0.1, 0.15) is 33.6 Å². The maximum Gasteiger partial charge on any atom is 0.271 e. The van der Waals surface area contributed by atoms with Crippen molar-refractivity contribution in [3.8, 4) is 0 Å². The fourth-order valence-corrected chi connectivity index (χ4v) is 4.32. The van der Waals surface area contributed by atoms with Crippen molar-refractivity contribution in [3.05, 3.63) is 107 Å². The zero-order valence-electron chi connectivity index (χ0n) is 20.2. The molecule has 4 N–H and O–H groups in total. The molecular formula is C29H30N4O3. The first-order valence-electron chi connectivity index (χ1n) is 12.0. The molecule has 184 valence electrons. The van der Waals surface area contributed by atoms with E-state index in [4.69, 9.17) is 5.73 Å². The van der Waals surface area contributed by atoms with Crippen molar-refractivity contribution in [2.45, 2.75) is 38.3 Å². The van der Waals surface area contributed by atoms with Gasteiger partial charge in [-0.3, -0.25) is 14.6 Å². The van der Waals surface area contributed by atoms with Gasteiger partial charge in [-0.25, -0.2) is 4.98 Å². The molecule has 1 aromatic heterocycles. The zero-order valence-corrected chi connectivity index (χ0v) is 20.2. The molecule has 0 bridgehead atoms. The first kappa shape index (κ1) is 25.0. The fraction of sp³-hybridized carbons (Fsp3) is 0.241. The third-order valence-corrected chi connectivity index (χ3v) is 6.42. The monoisotopic (exact) mass is 482 g/mol. The zero-order chi connectivity index (χ0) is 25.5. The molecule has 0 fully saturated rings. The van der Waals surface area contributed by atoms with E-state index < -0.39 is 29.9 Å². The molecule has 1 heterocycles. The number of fused-ring (bicyclic) bond motifs is 1. The van der Waals surface area contributed by atoms with Crippen LogP contribution in [0.4, 0.5) is 0 Å². The molecule has 2 unspecified atom stereocenters. The second-order valence-electron chi connectivity index (χ2n) is 9.05. The van der Waals surface area contributed by atoms with Gasteiger partial charge >= 0.3 is 0 Å². The molecule has 7 nitrogen and oxygen atoms in total. The van der Waals surface area contributed by atoms with Gasteiger partial charge in [-0.2, -0.15) is 0 Å². The molecule has 2 amide bonds. The number of hydrogen-bond donors (Lipinski definition) is 3. The van der Waals surface area contributed by atoms with E-state index in [-0.39, 0.29) is 12.1 Å². The van der Waals surface area contributed by atoms with Crippen molar-refractivity contribution >= 4 is 22.8 Å². The smallest absolute Gasteiger partial charge is 0.271 e. The SMILES string of the molecule is Cc1ccccc1C[C@H](CC(O)C(Cc1ccccc1)NC(=O)c1cnc2ccccc2n1)C(N)=O. The lowest BCUT2D eigenvalue weighted by atomic mass is 9.88. The number of aryl methyl sites for hydroxylation is 1. The van der Waals surface area contributed by atoms with E-state index in [1.807, 2.05) is 79.7 Å². The lowest BCUT2D eigenvalue weighted by Crippen LogP contribution is -2.46. The molecule has 3 aromatic carbocycles. The molecule has 0 aliphatic rings. The third-order valence-electron chi connectivity index (χ3n) is 6.42. The summed E-state index contributed by atoms with van der Waals surface area (Å²) in [6.07, 6.45) is 1.33. The van der Waals surface area contributed by atoms with Crippen LogP contribution in [0.15, 0.2) is 85.1 Å². The normalized spacial score (nSPS) is 13.6. The van der Waals surface area contributed by atoms with Crippen molar-refractivity contribution in [3.63, 3.8) is 0 Å². The molecule has 0 saturated carbocycles. The number of nitrogens with one attached hydrogen (secondary N) is 1. The summed E-state index contributed by atoms with van der Waals surface area (Å²) in [5, 5.41) is 14.2. The minimum absolute atomic E-state index is 0.116. The number of benzene rings is 3. The van der Waals surface area contributed by atoms with Crippen LogP contribution in [0.5, 0.6) is 0 Å². The van der Waals surface area contributed by atoms with Crippen LogP contribution in [-0.4, -0.2) is 39.0 Å². The summed E-state index contributed by atoms with van der Waals surface area (Å²) in [5.74, 6) is -1.51. The molecule has 4 aromatic rings. The maximum atomic E-state index is 13.1. The summed E-state index contributed by atoms with van der Waals surface area (Å²) >= 11 is 0. The van der Waals surface area contributed by atoms with E-state index in [2.05, 4.69) is 15.3 Å². The molecular weight excluding hydrogens is 452 g/mol. The first-order chi connectivity index (χ1) is 17.4. The Kier molecular flexibility index (Phi) is 8.02. The highest BCUT2D eigenvalue weighted by atomic mass is 16.3. The summed E-state index contributed by atoms with van der Waals surface area (Å²) < 4.78 is 0. The Morgan fingerprint density at radius 3 is 2.31 bits per heavy atom. The van der Waals surface area contributed by atoms with Gasteiger partial charge in [-0.05, 0) is 55.0 Å². The minimum Gasteiger partial charge on any atom is -0.391 e. The number of aromatic nitrogens is 2. The van der Waals surface area contributed by atoms with Crippen LogP contribution in [0, 0.1) is 12.8 Å². The van der Waals surface area contributed by atoms with E-state index in [1.165, 1.54) is 6.20 Å². The number of amides is 2. The van der Waals surface area contributed by atoms with Crippen LogP contribution < -0.4 is 11.1 Å². The van der Waals surface area contributed by atoms with E-state index in [0.717, 1.165) is 16.7 Å². The van der Waals surface area contributed by atoms with E-state index in [1.54, 1.807) is 6.07 Å². The van der Waals surface area contributed by atoms with E-state index in [0.29, 0.717) is 23.9 Å². The average molecular weight is 483 g/mol. The van der Waals surface area contributed by atoms with Crippen molar-refractivity contribution in [2.24, 2.45) is 11.7 Å². The van der Waals surface area contributed by atoms with Gasteiger partial charge in [-0.15, -0.1) is 0 Å². The quantitative estimate of drug-likeness (QED) is 0.320. The fourth-order valence-electron chi connectivity index (χ4n) is 4.32. The average Bonchev–Trinajstić information content (AvgIpc) is 2.89. The molecule has 36 heavy (non-hydrogen) atoms. The summed E-state index contributed by atoms with van der Waals surface area (Å²) in [6.45, 7) is 1.98. The Balaban J connectivity index is 1.54. The first-order valence-corrected chi connectivity index (χ1v) is 12.0. The van der Waals surface area contributed by atoms with Crippen molar-refractivity contribution in [1.29, 1.82) is 0 Å². The molecule has 3 atom stereocenters. The Hall–Kier alpha value is -4.10. The Morgan fingerprint density at radius 2 is 1.58 bits per heavy atom. The number of hydrogen-bond acceptors (Lipinski definition) is 5. The number of rotatable bonds is 10. The van der Waals surface area contributed by atoms with Gasteiger partial charge in [0.15, 0.2) is 0 Å². The van der Waals surface area contributed by atoms with Crippen LogP contribution in [-0.2, 0) is 17.6 Å². The molecule has 4 rings (SSSR count). The molecule has 0 radical (unpaired) electrons. The highest BCUT2D eigenvalue weighted by molar-refractivity contribution is 5.94. The van der Waals surface area contributed by atoms with Crippen molar-refractivity contribution in [1.82, 2.24) is 15.3 Å². The van der Waals surface area contributed by atoms with Crippen molar-refractivity contribution < 1.29 is 14.7 Å². The number of aliphatic hydroxyl groups excluding tert-OH is 1. The second kappa shape index (κ2) is 11.6. The van der Waals surface area contributed by atoms with E-state index >= 15 is 0 Å². The molecule has 0 aliphatic heterocycles. The number of para-hydroxylation sites is 2. The lowest BCUT2D eigenvalue weighted by Gasteiger charge is -2.27. The Labute approximate surface area is 210 Å². The molecule has 0 aliphatic carbocycles. The van der Waals surface area contributed by atoms with E-state index in [9.17, 15) is 14.7 Å². The second-order valence-corrected chi connectivity index (χ2v) is 9.05. The van der Waals surface area contributed by atoms with Gasteiger partial charge in [0, 0.05) is 5.92 Å². The summed E-state index contributed by atoms with van der Waals surface area (Å²) in [7, 11) is 0. The van der Waals surface area contributed by atoms with Gasteiger partial charge in [0.2, 0.25) is 5.91 Å². The Bertz CT molecular complexity index is 1340. The summed E-state index contributed by atoms with van der Waals surface area (Å²) in [6, 6.07) is 24.0. The molecule has 7 heteroatoms. The van der Waals surface area contributed by atoms with Gasteiger partial charge in [0.1, 0.15) is 5.69 Å². The molecule has 0 spiro atoms. The predicted octanol–water partition coefficient (Wildman–Crippen LogP) is 3.37. The van der Waals surface area contributed by atoms with Crippen LogP contribution >= 0.6 is 0 Å². The molecule has 0 saturated heterocycles.